The maximum atomic E-state index is 13.3. The quantitative estimate of drug-likeness (QED) is 0.750. The number of carbonyl (C=O) groups excluding carboxylic acids is 1. The predicted octanol–water partition coefficient (Wildman–Crippen LogP) is 3.32. The van der Waals surface area contributed by atoms with E-state index >= 15 is 0 Å². The number of pyridine rings is 1. The highest BCUT2D eigenvalue weighted by atomic mass is 19.1. The second kappa shape index (κ2) is 7.70. The van der Waals surface area contributed by atoms with Crippen LogP contribution in [-0.2, 0) is 6.42 Å². The molecule has 0 aliphatic rings. The second-order valence-corrected chi connectivity index (χ2v) is 5.86. The van der Waals surface area contributed by atoms with E-state index in [0.717, 1.165) is 24.1 Å². The summed E-state index contributed by atoms with van der Waals surface area (Å²) in [6.07, 6.45) is 4.77. The smallest absolute Gasteiger partial charge is 0.255 e. The Bertz CT molecular complexity index is 847. The van der Waals surface area contributed by atoms with E-state index in [9.17, 15) is 9.18 Å². The number of carbonyl (C=O) groups is 1. The van der Waals surface area contributed by atoms with Gasteiger partial charge in [0.05, 0.1) is 11.3 Å². The lowest BCUT2D eigenvalue weighted by atomic mass is 10.1. The van der Waals surface area contributed by atoms with Crippen molar-refractivity contribution in [2.45, 2.75) is 12.8 Å². The summed E-state index contributed by atoms with van der Waals surface area (Å²) < 4.78 is 13.3. The van der Waals surface area contributed by atoms with Gasteiger partial charge in [0.2, 0.25) is 0 Å². The fourth-order valence-corrected chi connectivity index (χ4v) is 2.60. The van der Waals surface area contributed by atoms with Gasteiger partial charge in [-0.3, -0.25) is 14.9 Å². The Morgan fingerprint density at radius 1 is 1.24 bits per heavy atom. The molecule has 6 heteroatoms. The number of aromatic amines is 1. The molecule has 0 spiro atoms. The first-order valence-corrected chi connectivity index (χ1v) is 8.09. The Morgan fingerprint density at radius 2 is 2.12 bits per heavy atom. The standard InChI is InChI=1S/C19H19FN4O/c1-24(19(25)15-6-3-9-21-13-15)10-4-8-17-12-18(23-22-17)14-5-2-7-16(20)11-14/h2-3,5-7,9,11-13H,4,8,10H2,1H3,(H,22,23). The van der Waals surface area contributed by atoms with Crippen LogP contribution < -0.4 is 0 Å². The fraction of sp³-hybridized carbons (Fsp3) is 0.211. The number of aromatic nitrogens is 3. The molecule has 2 heterocycles. The number of hydrogen-bond donors (Lipinski definition) is 1. The molecule has 2 aromatic heterocycles. The molecule has 3 rings (SSSR count). The normalized spacial score (nSPS) is 10.6. The molecule has 1 amide bonds. The monoisotopic (exact) mass is 338 g/mol. The van der Waals surface area contributed by atoms with Gasteiger partial charge in [-0.1, -0.05) is 12.1 Å². The number of amides is 1. The lowest BCUT2D eigenvalue weighted by Gasteiger charge is -2.16. The summed E-state index contributed by atoms with van der Waals surface area (Å²) in [5, 5.41) is 7.20. The van der Waals surface area contributed by atoms with E-state index in [1.165, 1.54) is 12.1 Å². The zero-order chi connectivity index (χ0) is 17.6. The van der Waals surface area contributed by atoms with Crippen LogP contribution in [0.25, 0.3) is 11.3 Å². The van der Waals surface area contributed by atoms with Crippen molar-refractivity contribution in [3.8, 4) is 11.3 Å². The van der Waals surface area contributed by atoms with Crippen LogP contribution in [0.2, 0.25) is 0 Å². The Kier molecular flexibility index (Phi) is 5.18. The molecule has 5 nitrogen and oxygen atoms in total. The van der Waals surface area contributed by atoms with Gasteiger partial charge >= 0.3 is 0 Å². The van der Waals surface area contributed by atoms with Crippen molar-refractivity contribution in [1.82, 2.24) is 20.1 Å². The molecule has 0 bridgehead atoms. The summed E-state index contributed by atoms with van der Waals surface area (Å²) in [5.74, 6) is -0.323. The van der Waals surface area contributed by atoms with Gasteiger partial charge in [-0.2, -0.15) is 5.10 Å². The van der Waals surface area contributed by atoms with Crippen molar-refractivity contribution in [2.24, 2.45) is 0 Å². The van der Waals surface area contributed by atoms with Gasteiger partial charge in [-0.15, -0.1) is 0 Å². The molecule has 1 N–H and O–H groups in total. The third kappa shape index (κ3) is 4.29. The summed E-state index contributed by atoms with van der Waals surface area (Å²) in [6, 6.07) is 11.8. The van der Waals surface area contributed by atoms with Crippen LogP contribution >= 0.6 is 0 Å². The van der Waals surface area contributed by atoms with Crippen LogP contribution in [0.4, 0.5) is 4.39 Å². The van der Waals surface area contributed by atoms with E-state index < -0.39 is 0 Å². The first-order chi connectivity index (χ1) is 12.1. The highest BCUT2D eigenvalue weighted by Crippen LogP contribution is 2.19. The number of halogens is 1. The molecule has 0 saturated heterocycles. The number of nitrogens with one attached hydrogen (secondary N) is 1. The summed E-state index contributed by atoms with van der Waals surface area (Å²) >= 11 is 0. The molecule has 3 aromatic rings. The van der Waals surface area contributed by atoms with Crippen LogP contribution in [0, 0.1) is 5.82 Å². The average Bonchev–Trinajstić information content (AvgIpc) is 3.11. The van der Waals surface area contributed by atoms with Crippen molar-refractivity contribution in [2.75, 3.05) is 13.6 Å². The van der Waals surface area contributed by atoms with E-state index in [2.05, 4.69) is 15.2 Å². The minimum atomic E-state index is -0.280. The molecule has 0 saturated carbocycles. The molecule has 0 radical (unpaired) electrons. The number of H-pyrrole nitrogens is 1. The zero-order valence-electron chi connectivity index (χ0n) is 13.9. The summed E-state index contributed by atoms with van der Waals surface area (Å²) in [5.41, 5.74) is 3.00. The maximum Gasteiger partial charge on any atom is 0.255 e. The van der Waals surface area contributed by atoms with Gasteiger partial charge in [0, 0.05) is 37.2 Å². The topological polar surface area (TPSA) is 61.9 Å². The average molecular weight is 338 g/mol. The van der Waals surface area contributed by atoms with E-state index in [4.69, 9.17) is 0 Å². The minimum Gasteiger partial charge on any atom is -0.342 e. The molecule has 0 unspecified atom stereocenters. The number of benzene rings is 1. The third-order valence-electron chi connectivity index (χ3n) is 3.95. The van der Waals surface area contributed by atoms with Crippen molar-refractivity contribution >= 4 is 5.91 Å². The molecule has 1 aromatic carbocycles. The molecular weight excluding hydrogens is 319 g/mol. The molecule has 0 aliphatic heterocycles. The number of rotatable bonds is 6. The Labute approximate surface area is 145 Å². The Hall–Kier alpha value is -3.02. The highest BCUT2D eigenvalue weighted by Gasteiger charge is 2.11. The SMILES string of the molecule is CN(CCCc1cc(-c2cccc(F)c2)n[nH]1)C(=O)c1cccnc1. The first-order valence-electron chi connectivity index (χ1n) is 8.09. The van der Waals surface area contributed by atoms with Gasteiger partial charge in [-0.25, -0.2) is 4.39 Å². The van der Waals surface area contributed by atoms with Crippen molar-refractivity contribution in [3.05, 3.63) is 71.9 Å². The number of aryl methyl sites for hydroxylation is 1. The third-order valence-corrected chi connectivity index (χ3v) is 3.95. The van der Waals surface area contributed by atoms with Gasteiger partial charge in [0.15, 0.2) is 0 Å². The molecule has 0 atom stereocenters. The first kappa shape index (κ1) is 16.8. The van der Waals surface area contributed by atoms with Crippen molar-refractivity contribution in [3.63, 3.8) is 0 Å². The van der Waals surface area contributed by atoms with Crippen LogP contribution in [0.15, 0.2) is 54.9 Å². The minimum absolute atomic E-state index is 0.0434. The van der Waals surface area contributed by atoms with E-state index in [-0.39, 0.29) is 11.7 Å². The maximum absolute atomic E-state index is 13.3. The summed E-state index contributed by atoms with van der Waals surface area (Å²) in [7, 11) is 1.78. The summed E-state index contributed by atoms with van der Waals surface area (Å²) in [4.78, 5) is 17.9. The largest absolute Gasteiger partial charge is 0.342 e. The van der Waals surface area contributed by atoms with Gasteiger partial charge in [0.1, 0.15) is 5.82 Å². The predicted molar refractivity (Wildman–Crippen MR) is 93.5 cm³/mol. The molecule has 0 aliphatic carbocycles. The lowest BCUT2D eigenvalue weighted by molar-refractivity contribution is 0.0793. The number of nitrogens with zero attached hydrogens (tertiary/aromatic N) is 3. The van der Waals surface area contributed by atoms with Crippen LogP contribution in [0.3, 0.4) is 0 Å². The van der Waals surface area contributed by atoms with Gasteiger partial charge in [-0.05, 0) is 43.2 Å². The fourth-order valence-electron chi connectivity index (χ4n) is 2.60. The van der Waals surface area contributed by atoms with E-state index in [0.29, 0.717) is 17.8 Å². The van der Waals surface area contributed by atoms with Crippen molar-refractivity contribution in [1.29, 1.82) is 0 Å². The van der Waals surface area contributed by atoms with Gasteiger partial charge < -0.3 is 4.90 Å². The van der Waals surface area contributed by atoms with Crippen LogP contribution in [0.1, 0.15) is 22.5 Å². The lowest BCUT2D eigenvalue weighted by Crippen LogP contribution is -2.28. The Morgan fingerprint density at radius 3 is 2.88 bits per heavy atom. The van der Waals surface area contributed by atoms with Crippen LogP contribution in [0.5, 0.6) is 0 Å². The van der Waals surface area contributed by atoms with E-state index in [1.807, 2.05) is 12.1 Å². The molecule has 0 fully saturated rings. The zero-order valence-corrected chi connectivity index (χ0v) is 13.9. The Balaban J connectivity index is 1.53. The van der Waals surface area contributed by atoms with E-state index in [1.54, 1.807) is 42.5 Å². The second-order valence-electron chi connectivity index (χ2n) is 5.86. The van der Waals surface area contributed by atoms with Crippen molar-refractivity contribution < 1.29 is 9.18 Å². The molecular formula is C19H19FN4O. The van der Waals surface area contributed by atoms with Crippen LogP contribution in [-0.4, -0.2) is 39.6 Å². The highest BCUT2D eigenvalue weighted by molar-refractivity contribution is 5.93. The van der Waals surface area contributed by atoms with Gasteiger partial charge in [0.25, 0.3) is 5.91 Å². The molecule has 25 heavy (non-hydrogen) atoms. The number of hydrogen-bond acceptors (Lipinski definition) is 3. The molecule has 128 valence electrons. The summed E-state index contributed by atoms with van der Waals surface area (Å²) in [6.45, 7) is 0.627.